The van der Waals surface area contributed by atoms with Crippen molar-refractivity contribution in [1.82, 2.24) is 15.3 Å². The molecule has 3 heterocycles. The Kier molecular flexibility index (Phi) is 5.12. The number of para-hydroxylation sites is 1. The van der Waals surface area contributed by atoms with Crippen LogP contribution in [0.5, 0.6) is 0 Å². The van der Waals surface area contributed by atoms with Gasteiger partial charge in [-0.25, -0.2) is 9.37 Å². The summed E-state index contributed by atoms with van der Waals surface area (Å²) in [5.74, 6) is -0.520. The van der Waals surface area contributed by atoms with Crippen LogP contribution >= 0.6 is 0 Å². The van der Waals surface area contributed by atoms with Crippen LogP contribution in [-0.2, 0) is 11.2 Å². The first kappa shape index (κ1) is 19.2. The number of aromatic nitrogens is 2. The van der Waals surface area contributed by atoms with Crippen molar-refractivity contribution in [2.75, 3.05) is 6.61 Å². The molecule has 1 unspecified atom stereocenters. The SMILES string of the molecule is O=C(N[C@@]1(Cc2ccc(=O)[nH]c2)CCOC(F)[C@@H]1O)c1ccc2ccccc2n1. The molecule has 2 aromatic heterocycles. The Balaban J connectivity index is 1.65. The van der Waals surface area contributed by atoms with Gasteiger partial charge in [0.15, 0.2) is 0 Å². The molecule has 7 nitrogen and oxygen atoms in total. The molecule has 0 aliphatic carbocycles. The zero-order chi connectivity index (χ0) is 20.4. The van der Waals surface area contributed by atoms with E-state index in [9.17, 15) is 19.1 Å². The lowest BCUT2D eigenvalue weighted by Crippen LogP contribution is -2.64. The number of halogens is 1. The van der Waals surface area contributed by atoms with Gasteiger partial charge in [-0.2, -0.15) is 0 Å². The number of hydrogen-bond acceptors (Lipinski definition) is 5. The summed E-state index contributed by atoms with van der Waals surface area (Å²) >= 11 is 0. The number of alkyl halides is 1. The highest BCUT2D eigenvalue weighted by Crippen LogP contribution is 2.30. The highest BCUT2D eigenvalue weighted by molar-refractivity contribution is 5.95. The lowest BCUT2D eigenvalue weighted by atomic mass is 9.81. The van der Waals surface area contributed by atoms with E-state index >= 15 is 0 Å². The van der Waals surface area contributed by atoms with E-state index < -0.39 is 23.9 Å². The minimum absolute atomic E-state index is 0.0347. The van der Waals surface area contributed by atoms with Crippen LogP contribution in [0.1, 0.15) is 22.5 Å². The average molecular weight is 397 g/mol. The molecule has 0 bridgehead atoms. The van der Waals surface area contributed by atoms with Gasteiger partial charge in [-0.3, -0.25) is 9.59 Å². The van der Waals surface area contributed by atoms with Gasteiger partial charge < -0.3 is 20.1 Å². The summed E-state index contributed by atoms with van der Waals surface area (Å²) in [5.41, 5.74) is -0.114. The van der Waals surface area contributed by atoms with E-state index in [1.54, 1.807) is 24.3 Å². The van der Waals surface area contributed by atoms with Crippen molar-refractivity contribution >= 4 is 16.8 Å². The van der Waals surface area contributed by atoms with Crippen LogP contribution in [0.2, 0.25) is 0 Å². The van der Waals surface area contributed by atoms with E-state index in [0.717, 1.165) is 5.39 Å². The van der Waals surface area contributed by atoms with Crippen LogP contribution in [0.25, 0.3) is 10.9 Å². The molecular weight excluding hydrogens is 377 g/mol. The van der Waals surface area contributed by atoms with Crippen molar-refractivity contribution < 1.29 is 19.0 Å². The predicted octanol–water partition coefficient (Wildman–Crippen LogP) is 1.71. The number of ether oxygens (including phenoxy) is 1. The van der Waals surface area contributed by atoms with Crippen molar-refractivity contribution in [1.29, 1.82) is 0 Å². The van der Waals surface area contributed by atoms with Crippen molar-refractivity contribution in [2.24, 2.45) is 0 Å². The van der Waals surface area contributed by atoms with Crippen LogP contribution in [0.4, 0.5) is 4.39 Å². The number of H-pyrrole nitrogens is 1. The lowest BCUT2D eigenvalue weighted by Gasteiger charge is -2.43. The monoisotopic (exact) mass is 397 g/mol. The molecule has 3 aromatic rings. The highest BCUT2D eigenvalue weighted by atomic mass is 19.1. The fourth-order valence-corrected chi connectivity index (χ4v) is 3.62. The molecule has 0 spiro atoms. The number of aliphatic hydroxyl groups excluding tert-OH is 1. The van der Waals surface area contributed by atoms with Gasteiger partial charge in [0.2, 0.25) is 11.9 Å². The molecule has 29 heavy (non-hydrogen) atoms. The fraction of sp³-hybridized carbons (Fsp3) is 0.286. The van der Waals surface area contributed by atoms with Crippen molar-refractivity contribution in [2.45, 2.75) is 30.8 Å². The van der Waals surface area contributed by atoms with Crippen LogP contribution in [-0.4, -0.2) is 45.6 Å². The summed E-state index contributed by atoms with van der Waals surface area (Å²) in [6, 6.07) is 13.7. The summed E-state index contributed by atoms with van der Waals surface area (Å²) in [4.78, 5) is 31.2. The Morgan fingerprint density at radius 3 is 2.90 bits per heavy atom. The quantitative estimate of drug-likeness (QED) is 0.622. The van der Waals surface area contributed by atoms with E-state index in [1.165, 1.54) is 12.3 Å². The summed E-state index contributed by atoms with van der Waals surface area (Å²) in [6.07, 6.45) is -1.70. The van der Waals surface area contributed by atoms with E-state index in [0.29, 0.717) is 11.1 Å². The third-order valence-corrected chi connectivity index (χ3v) is 5.20. The highest BCUT2D eigenvalue weighted by Gasteiger charge is 2.47. The molecule has 1 aromatic carbocycles. The number of aromatic amines is 1. The van der Waals surface area contributed by atoms with Gasteiger partial charge in [0, 0.05) is 17.6 Å². The standard InChI is InChI=1S/C21H20FN3O4/c22-19-18(27)21(9-10-29-19,11-13-5-8-17(26)23-12-13)25-20(28)16-7-6-14-3-1-2-4-15(14)24-16/h1-8,12,18-19,27H,9-11H2,(H,23,26)(H,25,28)/t18-,19?,21+/m0/s1. The van der Waals surface area contributed by atoms with Crippen LogP contribution < -0.4 is 10.9 Å². The minimum atomic E-state index is -1.93. The van der Waals surface area contributed by atoms with Gasteiger partial charge in [0.25, 0.3) is 5.91 Å². The van der Waals surface area contributed by atoms with Crippen molar-refractivity contribution in [3.8, 4) is 0 Å². The second-order valence-corrected chi connectivity index (χ2v) is 7.15. The largest absolute Gasteiger partial charge is 0.385 e. The maximum absolute atomic E-state index is 14.2. The number of carbonyl (C=O) groups is 1. The van der Waals surface area contributed by atoms with Gasteiger partial charge in [-0.1, -0.05) is 30.3 Å². The molecule has 3 N–H and O–H groups in total. The zero-order valence-corrected chi connectivity index (χ0v) is 15.5. The third-order valence-electron chi connectivity index (χ3n) is 5.20. The summed E-state index contributed by atoms with van der Waals surface area (Å²) < 4.78 is 19.1. The molecular formula is C21H20FN3O4. The number of rotatable bonds is 4. The predicted molar refractivity (Wildman–Crippen MR) is 104 cm³/mol. The van der Waals surface area contributed by atoms with Crippen LogP contribution in [0, 0.1) is 0 Å². The van der Waals surface area contributed by atoms with Gasteiger partial charge in [0.05, 0.1) is 17.7 Å². The number of hydrogen-bond donors (Lipinski definition) is 3. The van der Waals surface area contributed by atoms with Gasteiger partial charge in [-0.05, 0) is 30.5 Å². The molecule has 1 amide bonds. The van der Waals surface area contributed by atoms with E-state index in [-0.39, 0.29) is 30.7 Å². The summed E-state index contributed by atoms with van der Waals surface area (Å²) in [7, 11) is 0. The average Bonchev–Trinajstić information content (AvgIpc) is 2.73. The molecule has 1 fully saturated rings. The molecule has 3 atom stereocenters. The number of benzene rings is 1. The number of fused-ring (bicyclic) bond motifs is 1. The number of pyridine rings is 2. The number of aliphatic hydroxyl groups is 1. The second kappa shape index (κ2) is 7.73. The Labute approximate surface area is 165 Å². The summed E-state index contributed by atoms with van der Waals surface area (Å²) in [5, 5.41) is 14.2. The molecule has 1 aliphatic rings. The first-order valence-corrected chi connectivity index (χ1v) is 9.26. The van der Waals surface area contributed by atoms with Crippen molar-refractivity contribution in [3.63, 3.8) is 0 Å². The number of amides is 1. The van der Waals surface area contributed by atoms with Gasteiger partial charge in [0.1, 0.15) is 11.8 Å². The summed E-state index contributed by atoms with van der Waals surface area (Å²) in [6.45, 7) is 0.0347. The van der Waals surface area contributed by atoms with E-state index in [1.807, 2.05) is 18.2 Å². The van der Waals surface area contributed by atoms with E-state index in [4.69, 9.17) is 4.74 Å². The Bertz CT molecular complexity index is 1080. The Morgan fingerprint density at radius 1 is 1.28 bits per heavy atom. The Morgan fingerprint density at radius 2 is 2.10 bits per heavy atom. The maximum atomic E-state index is 14.2. The fourth-order valence-electron chi connectivity index (χ4n) is 3.62. The lowest BCUT2D eigenvalue weighted by molar-refractivity contribution is -0.177. The Hall–Kier alpha value is -3.10. The molecule has 1 saturated heterocycles. The molecule has 1 aliphatic heterocycles. The smallest absolute Gasteiger partial charge is 0.270 e. The normalized spacial score (nSPS) is 24.3. The van der Waals surface area contributed by atoms with Gasteiger partial charge in [-0.15, -0.1) is 0 Å². The number of nitrogens with zero attached hydrogens (tertiary/aromatic N) is 1. The molecule has 4 rings (SSSR count). The van der Waals surface area contributed by atoms with Gasteiger partial charge >= 0.3 is 0 Å². The minimum Gasteiger partial charge on any atom is -0.385 e. The molecule has 0 saturated carbocycles. The first-order valence-electron chi connectivity index (χ1n) is 9.26. The van der Waals surface area contributed by atoms with Crippen LogP contribution in [0.15, 0.2) is 59.5 Å². The van der Waals surface area contributed by atoms with E-state index in [2.05, 4.69) is 15.3 Å². The third kappa shape index (κ3) is 3.90. The zero-order valence-electron chi connectivity index (χ0n) is 15.5. The van der Waals surface area contributed by atoms with Crippen LogP contribution in [0.3, 0.4) is 0 Å². The second-order valence-electron chi connectivity index (χ2n) is 7.15. The molecule has 0 radical (unpaired) electrons. The molecule has 8 heteroatoms. The first-order chi connectivity index (χ1) is 14.0. The number of nitrogens with one attached hydrogen (secondary N) is 2. The topological polar surface area (TPSA) is 104 Å². The maximum Gasteiger partial charge on any atom is 0.270 e. The molecule has 150 valence electrons. The van der Waals surface area contributed by atoms with Crippen molar-refractivity contribution in [3.05, 3.63) is 76.3 Å². The number of carbonyl (C=O) groups excluding carboxylic acids is 1.